The van der Waals surface area contributed by atoms with Crippen LogP contribution in [0.1, 0.15) is 0 Å². The van der Waals surface area contributed by atoms with E-state index in [0.717, 1.165) is 28.4 Å². The summed E-state index contributed by atoms with van der Waals surface area (Å²) < 4.78 is 5.21. The molecular weight excluding hydrogens is 645 g/mol. The lowest BCUT2D eigenvalue weighted by atomic mass is 10.0. The molecule has 0 atom stereocenters. The Hall–Kier alpha value is -5.94. The molecule has 2 heterocycles. The molecule has 0 spiro atoms. The van der Waals surface area contributed by atoms with Crippen LogP contribution in [-0.2, 0) is 0 Å². The van der Waals surface area contributed by atoms with E-state index < -0.39 is 0 Å². The Morgan fingerprint density at radius 2 is 0.740 bits per heavy atom. The first-order valence-corrected chi connectivity index (χ1v) is 18.5. The lowest BCUT2D eigenvalue weighted by molar-refractivity contribution is 1.30. The quantitative estimate of drug-likeness (QED) is 0.173. The fourth-order valence-corrected chi connectivity index (χ4v) is 9.74. The molecule has 0 aliphatic rings. The molecule has 0 saturated heterocycles. The molecule has 0 aliphatic carbocycles. The molecule has 0 amide bonds. The van der Waals surface area contributed by atoms with Gasteiger partial charge in [-0.25, -0.2) is 0 Å². The van der Waals surface area contributed by atoms with Gasteiger partial charge in [-0.2, -0.15) is 0 Å². The van der Waals surface area contributed by atoms with Crippen LogP contribution in [0.3, 0.4) is 0 Å². The van der Waals surface area contributed by atoms with Crippen LogP contribution in [0.25, 0.3) is 51.1 Å². The summed E-state index contributed by atoms with van der Waals surface area (Å²) in [7, 11) is 0. The van der Waals surface area contributed by atoms with Crippen molar-refractivity contribution >= 4 is 108 Å². The normalized spacial score (nSPS) is 11.6. The van der Waals surface area contributed by atoms with Gasteiger partial charge in [-0.1, -0.05) is 109 Å². The van der Waals surface area contributed by atoms with Crippen molar-refractivity contribution in [1.29, 1.82) is 0 Å². The third kappa shape index (κ3) is 4.76. The van der Waals surface area contributed by atoms with Crippen molar-refractivity contribution in [2.75, 3.05) is 9.80 Å². The summed E-state index contributed by atoms with van der Waals surface area (Å²) in [6.07, 6.45) is 0. The van der Waals surface area contributed by atoms with Crippen molar-refractivity contribution in [1.82, 2.24) is 0 Å². The number of para-hydroxylation sites is 3. The Bertz CT molecular complexity index is 2780. The summed E-state index contributed by atoms with van der Waals surface area (Å²) >= 11 is 3.75. The Kier molecular flexibility index (Phi) is 6.90. The molecule has 50 heavy (non-hydrogen) atoms. The van der Waals surface area contributed by atoms with Crippen molar-refractivity contribution in [2.45, 2.75) is 0 Å². The van der Waals surface area contributed by atoms with Crippen LogP contribution in [0, 0.1) is 0 Å². The minimum absolute atomic E-state index is 1.14. The van der Waals surface area contributed by atoms with Crippen molar-refractivity contribution in [3.8, 4) is 0 Å². The molecule has 236 valence electrons. The molecule has 4 heteroatoms. The fourth-order valence-electron chi connectivity index (χ4n) is 7.35. The van der Waals surface area contributed by atoms with Crippen LogP contribution in [0.5, 0.6) is 0 Å². The molecule has 0 bridgehead atoms. The van der Waals surface area contributed by atoms with Gasteiger partial charge in [0.1, 0.15) is 0 Å². The molecule has 0 radical (unpaired) electrons. The van der Waals surface area contributed by atoms with Crippen molar-refractivity contribution < 1.29 is 0 Å². The SMILES string of the molecule is c1ccc(N(c2ccc3c(c2)sc2ccccc23)c2ccc3c(c2)sc2c4ccccc4c(N(c4ccccc4)c4ccccc4)cc32)cc1. The average Bonchev–Trinajstić information content (AvgIpc) is 3.74. The van der Waals surface area contributed by atoms with E-state index in [1.807, 2.05) is 22.7 Å². The monoisotopic (exact) mass is 674 g/mol. The van der Waals surface area contributed by atoms with Crippen LogP contribution in [0.15, 0.2) is 182 Å². The van der Waals surface area contributed by atoms with Gasteiger partial charge < -0.3 is 9.80 Å². The van der Waals surface area contributed by atoms with Gasteiger partial charge in [-0.3, -0.25) is 0 Å². The molecule has 0 unspecified atom stereocenters. The van der Waals surface area contributed by atoms with Gasteiger partial charge in [-0.05, 0) is 72.8 Å². The zero-order valence-corrected chi connectivity index (χ0v) is 28.7. The Morgan fingerprint density at radius 3 is 1.36 bits per heavy atom. The Morgan fingerprint density at radius 1 is 0.280 bits per heavy atom. The second-order valence-electron chi connectivity index (χ2n) is 12.6. The lowest BCUT2D eigenvalue weighted by Gasteiger charge is -2.27. The van der Waals surface area contributed by atoms with Crippen LogP contribution in [0.4, 0.5) is 34.1 Å². The smallest absolute Gasteiger partial charge is 0.0547 e. The zero-order valence-electron chi connectivity index (χ0n) is 27.0. The summed E-state index contributed by atoms with van der Waals surface area (Å²) in [5.41, 5.74) is 6.90. The first kappa shape index (κ1) is 29.0. The number of anilines is 6. The van der Waals surface area contributed by atoms with Gasteiger partial charge in [0.15, 0.2) is 0 Å². The highest BCUT2D eigenvalue weighted by atomic mass is 32.1. The lowest BCUT2D eigenvalue weighted by Crippen LogP contribution is -2.10. The van der Waals surface area contributed by atoms with Crippen molar-refractivity contribution in [2.24, 2.45) is 0 Å². The number of thiophene rings is 2. The first-order chi connectivity index (χ1) is 24.8. The Balaban J connectivity index is 1.18. The topological polar surface area (TPSA) is 6.48 Å². The van der Waals surface area contributed by atoms with E-state index in [2.05, 4.69) is 192 Å². The van der Waals surface area contributed by atoms with E-state index in [9.17, 15) is 0 Å². The summed E-state index contributed by atoms with van der Waals surface area (Å²) in [5, 5.41) is 7.69. The molecule has 0 N–H and O–H groups in total. The second-order valence-corrected chi connectivity index (χ2v) is 14.7. The van der Waals surface area contributed by atoms with Gasteiger partial charge in [0.05, 0.1) is 5.69 Å². The summed E-state index contributed by atoms with van der Waals surface area (Å²) in [6, 6.07) is 66.0. The van der Waals surface area contributed by atoms with Gasteiger partial charge in [0, 0.05) is 79.6 Å². The summed E-state index contributed by atoms with van der Waals surface area (Å²) in [6.45, 7) is 0. The molecule has 8 aromatic carbocycles. The maximum absolute atomic E-state index is 2.40. The maximum atomic E-state index is 2.40. The first-order valence-electron chi connectivity index (χ1n) is 16.8. The van der Waals surface area contributed by atoms with Crippen molar-refractivity contribution in [3.63, 3.8) is 0 Å². The van der Waals surface area contributed by atoms with Gasteiger partial charge in [-0.15, -0.1) is 22.7 Å². The summed E-state index contributed by atoms with van der Waals surface area (Å²) in [5.74, 6) is 0. The van der Waals surface area contributed by atoms with Crippen LogP contribution < -0.4 is 9.80 Å². The minimum atomic E-state index is 1.14. The van der Waals surface area contributed by atoms with E-state index >= 15 is 0 Å². The molecule has 2 nitrogen and oxygen atoms in total. The molecule has 0 fully saturated rings. The van der Waals surface area contributed by atoms with E-state index in [1.165, 1.54) is 56.8 Å². The Labute approximate surface area is 298 Å². The number of hydrogen-bond donors (Lipinski definition) is 0. The van der Waals surface area contributed by atoms with Crippen LogP contribution >= 0.6 is 22.7 Å². The highest BCUT2D eigenvalue weighted by Crippen LogP contribution is 2.48. The van der Waals surface area contributed by atoms with Gasteiger partial charge >= 0.3 is 0 Å². The van der Waals surface area contributed by atoms with Crippen molar-refractivity contribution in [3.05, 3.63) is 182 Å². The third-order valence-corrected chi connectivity index (χ3v) is 11.9. The predicted octanol–water partition coefficient (Wildman–Crippen LogP) is 14.5. The largest absolute Gasteiger partial charge is 0.310 e. The number of fused-ring (bicyclic) bond motifs is 8. The molecule has 10 rings (SSSR count). The fraction of sp³-hybridized carbons (Fsp3) is 0. The highest BCUT2D eigenvalue weighted by molar-refractivity contribution is 7.27. The zero-order chi connectivity index (χ0) is 33.0. The number of nitrogens with zero attached hydrogens (tertiary/aromatic N) is 2. The molecular formula is C46H30N2S2. The minimum Gasteiger partial charge on any atom is -0.310 e. The number of rotatable bonds is 6. The number of hydrogen-bond acceptors (Lipinski definition) is 4. The predicted molar refractivity (Wildman–Crippen MR) is 219 cm³/mol. The third-order valence-electron chi connectivity index (χ3n) is 9.60. The molecule has 0 aliphatic heterocycles. The second kappa shape index (κ2) is 11.9. The van der Waals surface area contributed by atoms with E-state index in [-0.39, 0.29) is 0 Å². The molecule has 2 aromatic heterocycles. The summed E-state index contributed by atoms with van der Waals surface area (Å²) in [4.78, 5) is 4.78. The number of benzene rings is 8. The van der Waals surface area contributed by atoms with E-state index in [0.29, 0.717) is 0 Å². The van der Waals surface area contributed by atoms with Crippen LogP contribution in [0.2, 0.25) is 0 Å². The average molecular weight is 675 g/mol. The van der Waals surface area contributed by atoms with E-state index in [4.69, 9.17) is 0 Å². The molecule has 0 saturated carbocycles. The van der Waals surface area contributed by atoms with Gasteiger partial charge in [0.25, 0.3) is 0 Å². The maximum Gasteiger partial charge on any atom is 0.0547 e. The van der Waals surface area contributed by atoms with Gasteiger partial charge in [0.2, 0.25) is 0 Å². The molecule has 10 aromatic rings. The van der Waals surface area contributed by atoms with Crippen LogP contribution in [-0.4, -0.2) is 0 Å². The highest BCUT2D eigenvalue weighted by Gasteiger charge is 2.21. The standard InChI is InChI=1S/C46H30N2S2/c1-4-14-31(15-5-1)47(34-24-26-38-37-21-12-13-23-43(37)49-44(38)28-34)35-25-27-39-41-30-42(36-20-10-11-22-40(36)46(41)50-45(39)29-35)48(32-16-6-2-7-17-32)33-18-8-3-9-19-33/h1-30H. The van der Waals surface area contributed by atoms with E-state index in [1.54, 1.807) is 0 Å².